The fourth-order valence-corrected chi connectivity index (χ4v) is 1.25. The number of fused-ring (bicyclic) bond motifs is 1. The van der Waals surface area contributed by atoms with Crippen molar-refractivity contribution < 1.29 is 14.6 Å². The molecule has 0 saturated carbocycles. The third kappa shape index (κ3) is 0.646. The van der Waals surface area contributed by atoms with Crippen LogP contribution in [0.2, 0.25) is 0 Å². The fraction of sp³-hybridized carbons (Fsp3) is 0.571. The molecule has 0 aromatic carbocycles. The highest BCUT2D eigenvalue weighted by Gasteiger charge is 2.51. The van der Waals surface area contributed by atoms with Crippen molar-refractivity contribution >= 4 is 5.78 Å². The van der Waals surface area contributed by atoms with Gasteiger partial charge in [-0.15, -0.1) is 0 Å². The average molecular weight is 140 g/mol. The van der Waals surface area contributed by atoms with E-state index in [1.807, 2.05) is 0 Å². The first-order valence-electron chi connectivity index (χ1n) is 3.26. The molecule has 0 amide bonds. The summed E-state index contributed by atoms with van der Waals surface area (Å²) in [4.78, 5) is 11.0. The summed E-state index contributed by atoms with van der Waals surface area (Å²) in [6, 6.07) is 0. The number of aliphatic hydroxyl groups is 1. The second-order valence-corrected chi connectivity index (χ2v) is 2.73. The second-order valence-electron chi connectivity index (χ2n) is 2.73. The third-order valence-corrected chi connectivity index (χ3v) is 1.93. The van der Waals surface area contributed by atoms with Crippen LogP contribution in [-0.2, 0) is 9.53 Å². The summed E-state index contributed by atoms with van der Waals surface area (Å²) in [5.74, 6) is 0.0234. The van der Waals surface area contributed by atoms with E-state index in [4.69, 9.17) is 9.84 Å². The smallest absolute Gasteiger partial charge is 0.189 e. The lowest BCUT2D eigenvalue weighted by molar-refractivity contribution is -0.116. The molecule has 1 aliphatic heterocycles. The average Bonchev–Trinajstić information content (AvgIpc) is 2.61. The van der Waals surface area contributed by atoms with Crippen LogP contribution in [0.3, 0.4) is 0 Å². The molecule has 0 bridgehead atoms. The van der Waals surface area contributed by atoms with E-state index in [9.17, 15) is 4.79 Å². The summed E-state index contributed by atoms with van der Waals surface area (Å²) in [6.45, 7) is 1.70. The molecule has 1 saturated heterocycles. The molecule has 1 heterocycles. The Bertz CT molecular complexity index is 219. The topological polar surface area (TPSA) is 49.8 Å². The molecule has 3 nitrogen and oxygen atoms in total. The normalized spacial score (nSPS) is 44.4. The summed E-state index contributed by atoms with van der Waals surface area (Å²) >= 11 is 0. The molecule has 10 heavy (non-hydrogen) atoms. The predicted molar refractivity (Wildman–Crippen MR) is 33.4 cm³/mol. The number of rotatable bonds is 0. The lowest BCUT2D eigenvalue weighted by Gasteiger charge is -2.07. The maximum absolute atomic E-state index is 11.0. The first-order valence-corrected chi connectivity index (χ1v) is 3.26. The molecule has 3 atom stereocenters. The molecule has 1 fully saturated rings. The predicted octanol–water partition coefficient (Wildman–Crippen LogP) is -0.356. The first-order chi connectivity index (χ1) is 4.70. The number of aliphatic hydroxyl groups excluding tert-OH is 1. The minimum Gasteiger partial charge on any atom is -0.386 e. The summed E-state index contributed by atoms with van der Waals surface area (Å²) in [5.41, 5.74) is 0.617. The van der Waals surface area contributed by atoms with Crippen molar-refractivity contribution in [3.63, 3.8) is 0 Å². The van der Waals surface area contributed by atoms with Gasteiger partial charge in [-0.25, -0.2) is 0 Å². The van der Waals surface area contributed by atoms with Gasteiger partial charge in [0.25, 0.3) is 0 Å². The zero-order valence-electron chi connectivity index (χ0n) is 5.57. The molecule has 1 aliphatic carbocycles. The van der Waals surface area contributed by atoms with Gasteiger partial charge < -0.3 is 9.84 Å². The van der Waals surface area contributed by atoms with E-state index in [0.29, 0.717) is 5.57 Å². The minimum absolute atomic E-state index is 0.0234. The highest BCUT2D eigenvalue weighted by molar-refractivity contribution is 6.01. The SMILES string of the molecule is CC1=C[C@H](O)[C@H]2O[C@H]2C1=O. The summed E-state index contributed by atoms with van der Waals surface area (Å²) < 4.78 is 4.92. The van der Waals surface area contributed by atoms with Crippen molar-refractivity contribution in [2.75, 3.05) is 0 Å². The molecule has 0 aromatic heterocycles. The lowest BCUT2D eigenvalue weighted by atomic mass is 9.98. The number of epoxide rings is 1. The van der Waals surface area contributed by atoms with Crippen molar-refractivity contribution in [1.82, 2.24) is 0 Å². The van der Waals surface area contributed by atoms with Crippen molar-refractivity contribution in [2.45, 2.75) is 25.2 Å². The van der Waals surface area contributed by atoms with E-state index < -0.39 is 6.10 Å². The monoisotopic (exact) mass is 140 g/mol. The standard InChI is InChI=1S/C7H8O3/c1-3-2-4(8)6-7(10-6)5(3)9/h2,4,6-8H,1H3/t4-,6+,7-/m0/s1. The molecule has 0 radical (unpaired) electrons. The van der Waals surface area contributed by atoms with Crippen molar-refractivity contribution in [1.29, 1.82) is 0 Å². The van der Waals surface area contributed by atoms with Gasteiger partial charge in [-0.1, -0.05) is 0 Å². The summed E-state index contributed by atoms with van der Waals surface area (Å²) in [6.07, 6.45) is 0.412. The molecule has 3 heteroatoms. The number of ketones is 1. The first kappa shape index (κ1) is 6.07. The van der Waals surface area contributed by atoms with E-state index in [2.05, 4.69) is 0 Å². The van der Waals surface area contributed by atoms with Gasteiger partial charge in [-0.05, 0) is 18.6 Å². The molecule has 0 aromatic rings. The van der Waals surface area contributed by atoms with Crippen molar-refractivity contribution in [3.05, 3.63) is 11.6 Å². The van der Waals surface area contributed by atoms with Gasteiger partial charge in [0.15, 0.2) is 5.78 Å². The molecule has 2 aliphatic rings. The van der Waals surface area contributed by atoms with Crippen LogP contribution in [0.15, 0.2) is 11.6 Å². The number of hydrogen-bond acceptors (Lipinski definition) is 3. The fourth-order valence-electron chi connectivity index (χ4n) is 1.25. The number of carbonyl (C=O) groups is 1. The Morgan fingerprint density at radius 3 is 3.10 bits per heavy atom. The van der Waals surface area contributed by atoms with Crippen LogP contribution in [0.25, 0.3) is 0 Å². The Morgan fingerprint density at radius 1 is 1.70 bits per heavy atom. The quantitative estimate of drug-likeness (QED) is 0.467. The molecule has 0 unspecified atom stereocenters. The zero-order valence-corrected chi connectivity index (χ0v) is 5.57. The van der Waals surface area contributed by atoms with Gasteiger partial charge in [0.1, 0.15) is 18.3 Å². The van der Waals surface area contributed by atoms with Crippen LogP contribution in [0.1, 0.15) is 6.92 Å². The molecule has 2 rings (SSSR count). The Balaban J connectivity index is 2.30. The van der Waals surface area contributed by atoms with Gasteiger partial charge in [0, 0.05) is 0 Å². The van der Waals surface area contributed by atoms with Gasteiger partial charge in [0.2, 0.25) is 0 Å². The van der Waals surface area contributed by atoms with Gasteiger partial charge in [-0.2, -0.15) is 0 Å². The van der Waals surface area contributed by atoms with Crippen LogP contribution in [0, 0.1) is 0 Å². The Labute approximate surface area is 58.3 Å². The molecule has 54 valence electrons. The van der Waals surface area contributed by atoms with E-state index >= 15 is 0 Å². The van der Waals surface area contributed by atoms with Crippen molar-refractivity contribution in [3.8, 4) is 0 Å². The molecule has 1 N–H and O–H groups in total. The van der Waals surface area contributed by atoms with E-state index in [-0.39, 0.29) is 18.0 Å². The van der Waals surface area contributed by atoms with Crippen LogP contribution < -0.4 is 0 Å². The molecule has 0 spiro atoms. The molecular formula is C7H8O3. The summed E-state index contributed by atoms with van der Waals surface area (Å²) in [5, 5.41) is 9.15. The highest BCUT2D eigenvalue weighted by atomic mass is 16.6. The largest absolute Gasteiger partial charge is 0.386 e. The lowest BCUT2D eigenvalue weighted by Crippen LogP contribution is -2.25. The molecular weight excluding hydrogens is 132 g/mol. The minimum atomic E-state index is -0.567. The Kier molecular flexibility index (Phi) is 1.02. The van der Waals surface area contributed by atoms with E-state index in [1.54, 1.807) is 13.0 Å². The maximum atomic E-state index is 11.0. The van der Waals surface area contributed by atoms with Crippen molar-refractivity contribution in [2.24, 2.45) is 0 Å². The van der Waals surface area contributed by atoms with Crippen LogP contribution in [-0.4, -0.2) is 29.2 Å². The van der Waals surface area contributed by atoms with Gasteiger partial charge in [0.05, 0.1) is 0 Å². The van der Waals surface area contributed by atoms with E-state index in [1.165, 1.54) is 0 Å². The van der Waals surface area contributed by atoms with Crippen LogP contribution >= 0.6 is 0 Å². The number of carbonyl (C=O) groups excluding carboxylic acids is 1. The van der Waals surface area contributed by atoms with Gasteiger partial charge in [-0.3, -0.25) is 4.79 Å². The van der Waals surface area contributed by atoms with Gasteiger partial charge >= 0.3 is 0 Å². The Hall–Kier alpha value is -0.670. The number of ether oxygens (including phenoxy) is 1. The van der Waals surface area contributed by atoms with Crippen LogP contribution in [0.5, 0.6) is 0 Å². The highest BCUT2D eigenvalue weighted by Crippen LogP contribution is 2.33. The van der Waals surface area contributed by atoms with E-state index in [0.717, 1.165) is 0 Å². The number of Topliss-reactive ketones (excluding diaryl/α,β-unsaturated/α-hetero) is 1. The zero-order chi connectivity index (χ0) is 7.30. The second kappa shape index (κ2) is 1.68. The number of hydrogen-bond donors (Lipinski definition) is 1. The summed E-state index contributed by atoms with van der Waals surface area (Å²) in [7, 11) is 0. The Morgan fingerprint density at radius 2 is 2.40 bits per heavy atom. The van der Waals surface area contributed by atoms with Crippen LogP contribution in [0.4, 0.5) is 0 Å². The maximum Gasteiger partial charge on any atom is 0.189 e. The third-order valence-electron chi connectivity index (χ3n) is 1.93.